The van der Waals surface area contributed by atoms with Gasteiger partial charge in [0, 0.05) is 21.9 Å². The van der Waals surface area contributed by atoms with Gasteiger partial charge in [0.2, 0.25) is 0 Å². The molecule has 1 aromatic heterocycles. The minimum Gasteiger partial charge on any atom is -0.455 e. The molecule has 1 nitrogen and oxygen atoms in total. The van der Waals surface area contributed by atoms with Crippen LogP contribution >= 0.6 is 0 Å². The van der Waals surface area contributed by atoms with Crippen molar-refractivity contribution in [1.82, 2.24) is 0 Å². The standard InChI is InChI=1S/C42H26O/c1-2-13-27(14-3-1)29-16-6-7-18-31(29)39-32-19-8-10-21-34(32)40(35-22-11-9-20-33(35)39)36-23-12-24-37-41-30-17-5-4-15-28(30)25-26-38(41)43-42(36)37/h1-26H/i1D,2D,3D,13D,14D. The zero-order valence-electron chi connectivity index (χ0n) is 28.0. The van der Waals surface area contributed by atoms with Gasteiger partial charge in [-0.3, -0.25) is 0 Å². The van der Waals surface area contributed by atoms with Crippen molar-refractivity contribution in [1.29, 1.82) is 0 Å². The predicted octanol–water partition coefficient (Wildman–Crippen LogP) is 12.0. The molecule has 9 rings (SSSR count). The van der Waals surface area contributed by atoms with Crippen molar-refractivity contribution in [2.24, 2.45) is 0 Å². The third-order valence-electron chi connectivity index (χ3n) is 8.55. The van der Waals surface area contributed by atoms with E-state index in [2.05, 4.69) is 78.9 Å². The molecule has 0 atom stereocenters. The largest absolute Gasteiger partial charge is 0.455 e. The molecule has 200 valence electrons. The van der Waals surface area contributed by atoms with E-state index in [1.54, 1.807) is 0 Å². The lowest BCUT2D eigenvalue weighted by Crippen LogP contribution is -1.92. The molecule has 9 aromatic rings. The Morgan fingerprint density at radius 2 is 0.953 bits per heavy atom. The van der Waals surface area contributed by atoms with Gasteiger partial charge in [-0.05, 0) is 60.6 Å². The zero-order valence-corrected chi connectivity index (χ0v) is 23.0. The topological polar surface area (TPSA) is 13.1 Å². The van der Waals surface area contributed by atoms with Gasteiger partial charge in [-0.25, -0.2) is 0 Å². The lowest BCUT2D eigenvalue weighted by Gasteiger charge is -2.19. The molecule has 0 spiro atoms. The molecule has 8 aromatic carbocycles. The Kier molecular flexibility index (Phi) is 4.27. The molecule has 1 heterocycles. The molecule has 0 saturated heterocycles. The van der Waals surface area contributed by atoms with Crippen LogP contribution in [0.5, 0.6) is 0 Å². The molecule has 0 aliphatic rings. The van der Waals surface area contributed by atoms with Crippen LogP contribution in [0.15, 0.2) is 162 Å². The van der Waals surface area contributed by atoms with Crippen LogP contribution in [-0.2, 0) is 0 Å². The first-order chi connectivity index (χ1) is 23.4. The normalized spacial score (nSPS) is 13.3. The minimum absolute atomic E-state index is 0.188. The summed E-state index contributed by atoms with van der Waals surface area (Å²) in [6, 6.07) is 41.6. The number of hydrogen-bond donors (Lipinski definition) is 0. The fourth-order valence-corrected chi connectivity index (χ4v) is 6.78. The number of rotatable bonds is 3. The first kappa shape index (κ1) is 19.5. The van der Waals surface area contributed by atoms with E-state index < -0.39 is 6.04 Å². The monoisotopic (exact) mass is 551 g/mol. The average molecular weight is 552 g/mol. The van der Waals surface area contributed by atoms with Crippen LogP contribution in [0.4, 0.5) is 0 Å². The number of furan rings is 1. The Labute approximate surface area is 256 Å². The van der Waals surface area contributed by atoms with Crippen molar-refractivity contribution in [3.63, 3.8) is 0 Å². The molecule has 0 saturated carbocycles. The van der Waals surface area contributed by atoms with E-state index in [0.29, 0.717) is 5.56 Å². The van der Waals surface area contributed by atoms with Crippen molar-refractivity contribution >= 4 is 54.3 Å². The van der Waals surface area contributed by atoms with E-state index >= 15 is 0 Å². The SMILES string of the molecule is [2H]c1c([2H])c([2H])c(-c2ccccc2-c2c3ccccc3c(-c3cccc4c3oc3ccc5ccccc5c34)c3ccccc23)c([2H])c1[2H]. The average Bonchev–Trinajstić information content (AvgIpc) is 3.52. The summed E-state index contributed by atoms with van der Waals surface area (Å²) in [5, 5.41) is 8.51. The van der Waals surface area contributed by atoms with Crippen molar-refractivity contribution in [2.75, 3.05) is 0 Å². The van der Waals surface area contributed by atoms with E-state index in [4.69, 9.17) is 11.3 Å². The van der Waals surface area contributed by atoms with Crippen LogP contribution in [0, 0.1) is 0 Å². The van der Waals surface area contributed by atoms with Crippen LogP contribution in [0.1, 0.15) is 6.85 Å². The summed E-state index contributed by atoms with van der Waals surface area (Å²) >= 11 is 0. The van der Waals surface area contributed by atoms with Gasteiger partial charge >= 0.3 is 0 Å². The maximum absolute atomic E-state index is 8.79. The van der Waals surface area contributed by atoms with Gasteiger partial charge in [0.1, 0.15) is 11.2 Å². The third kappa shape index (κ3) is 3.58. The van der Waals surface area contributed by atoms with E-state index in [1.165, 1.54) is 0 Å². The number of benzene rings is 8. The lowest BCUT2D eigenvalue weighted by atomic mass is 9.83. The van der Waals surface area contributed by atoms with Gasteiger partial charge in [-0.15, -0.1) is 0 Å². The molecular formula is C42H26O. The number of fused-ring (bicyclic) bond motifs is 7. The van der Waals surface area contributed by atoms with E-state index in [0.717, 1.165) is 76.5 Å². The van der Waals surface area contributed by atoms with Gasteiger partial charge in [0.25, 0.3) is 0 Å². The van der Waals surface area contributed by atoms with Crippen LogP contribution in [0.25, 0.3) is 87.6 Å². The molecule has 0 fully saturated rings. The summed E-state index contributed by atoms with van der Waals surface area (Å²) < 4.78 is 49.2. The second-order valence-corrected chi connectivity index (χ2v) is 10.8. The van der Waals surface area contributed by atoms with Gasteiger partial charge < -0.3 is 4.42 Å². The molecule has 1 heteroatoms. The van der Waals surface area contributed by atoms with E-state index in [1.807, 2.05) is 48.5 Å². The lowest BCUT2D eigenvalue weighted by molar-refractivity contribution is 0.670. The summed E-state index contributed by atoms with van der Waals surface area (Å²) in [6.45, 7) is 0. The van der Waals surface area contributed by atoms with Crippen LogP contribution in [-0.4, -0.2) is 0 Å². The van der Waals surface area contributed by atoms with Gasteiger partial charge in [-0.2, -0.15) is 0 Å². The second kappa shape index (κ2) is 9.44. The molecule has 0 radical (unpaired) electrons. The molecule has 0 bridgehead atoms. The quantitative estimate of drug-likeness (QED) is 0.199. The van der Waals surface area contributed by atoms with E-state index in [9.17, 15) is 0 Å². The molecule has 0 amide bonds. The van der Waals surface area contributed by atoms with Gasteiger partial charge in [0.05, 0.1) is 6.85 Å². The Hall–Kier alpha value is -5.66. The van der Waals surface area contributed by atoms with Crippen LogP contribution < -0.4 is 0 Å². The highest BCUT2D eigenvalue weighted by Gasteiger charge is 2.21. The highest BCUT2D eigenvalue weighted by atomic mass is 16.3. The molecule has 0 unspecified atom stereocenters. The second-order valence-electron chi connectivity index (χ2n) is 10.8. The minimum atomic E-state index is -0.403. The maximum atomic E-state index is 8.79. The van der Waals surface area contributed by atoms with Crippen molar-refractivity contribution in [2.45, 2.75) is 0 Å². The van der Waals surface area contributed by atoms with E-state index in [-0.39, 0.29) is 29.7 Å². The number of para-hydroxylation sites is 1. The van der Waals surface area contributed by atoms with Crippen molar-refractivity contribution in [3.05, 3.63) is 158 Å². The highest BCUT2D eigenvalue weighted by molar-refractivity contribution is 6.26. The maximum Gasteiger partial charge on any atom is 0.143 e. The Bertz CT molecular complexity index is 2710. The summed E-state index contributed by atoms with van der Waals surface area (Å²) in [5.41, 5.74) is 6.22. The van der Waals surface area contributed by atoms with Crippen LogP contribution in [0.3, 0.4) is 0 Å². The molecular weight excluding hydrogens is 520 g/mol. The van der Waals surface area contributed by atoms with Gasteiger partial charge in [-0.1, -0.05) is 152 Å². The van der Waals surface area contributed by atoms with Crippen molar-refractivity contribution in [3.8, 4) is 33.4 Å². The van der Waals surface area contributed by atoms with Gasteiger partial charge in [0.15, 0.2) is 0 Å². The zero-order chi connectivity index (χ0) is 32.7. The Morgan fingerprint density at radius 3 is 1.65 bits per heavy atom. The Balaban J connectivity index is 1.40. The van der Waals surface area contributed by atoms with Crippen molar-refractivity contribution < 1.29 is 11.3 Å². The summed E-state index contributed by atoms with van der Waals surface area (Å²) in [4.78, 5) is 0. The summed E-state index contributed by atoms with van der Waals surface area (Å²) in [5.74, 6) is 0. The first-order valence-corrected chi connectivity index (χ1v) is 14.4. The summed E-state index contributed by atoms with van der Waals surface area (Å²) in [7, 11) is 0. The molecule has 43 heavy (non-hydrogen) atoms. The fraction of sp³-hybridized carbons (Fsp3) is 0. The smallest absolute Gasteiger partial charge is 0.143 e. The highest BCUT2D eigenvalue weighted by Crippen LogP contribution is 2.48. The number of hydrogen-bond acceptors (Lipinski definition) is 1. The fourth-order valence-electron chi connectivity index (χ4n) is 6.78. The summed E-state index contributed by atoms with van der Waals surface area (Å²) in [6.07, 6.45) is 0. The third-order valence-corrected chi connectivity index (χ3v) is 8.55. The molecule has 0 aliphatic carbocycles. The molecule has 0 N–H and O–H groups in total. The van der Waals surface area contributed by atoms with Crippen LogP contribution in [0.2, 0.25) is 0 Å². The first-order valence-electron chi connectivity index (χ1n) is 16.9. The molecule has 0 aliphatic heterocycles. The Morgan fingerprint density at radius 1 is 0.419 bits per heavy atom. The predicted molar refractivity (Wildman–Crippen MR) is 183 cm³/mol.